The number of quaternary nitrogens is 1. The van der Waals surface area contributed by atoms with Crippen LogP contribution in [0.1, 0.15) is 19.8 Å². The molecule has 0 atom stereocenters. The van der Waals surface area contributed by atoms with Crippen LogP contribution < -0.4 is 0 Å². The Morgan fingerprint density at radius 1 is 1.54 bits per heavy atom. The van der Waals surface area contributed by atoms with Crippen molar-refractivity contribution in [1.82, 2.24) is 0 Å². The van der Waals surface area contributed by atoms with Crippen molar-refractivity contribution in [3.63, 3.8) is 0 Å². The number of piperidine rings is 3. The van der Waals surface area contributed by atoms with Crippen molar-refractivity contribution < 1.29 is 4.39 Å². The maximum absolute atomic E-state index is 6.24. The van der Waals surface area contributed by atoms with Crippen LogP contribution in [0.25, 0.3) is 0 Å². The number of hydrogen-bond acceptors (Lipinski definition) is 0. The summed E-state index contributed by atoms with van der Waals surface area (Å²) in [6.45, 7) is 5.51. The molecule has 3 fully saturated rings. The molecule has 3 heterocycles. The summed E-state index contributed by atoms with van der Waals surface area (Å²) < 4.78 is 0.764. The Hall–Kier alpha value is 0.0549. The summed E-state index contributed by atoms with van der Waals surface area (Å²) in [6.07, 6.45) is 2.53. The van der Waals surface area contributed by atoms with E-state index in [4.69, 9.17) is 19.6 Å². The van der Waals surface area contributed by atoms with Crippen LogP contribution in [0.2, 0.25) is 0 Å². The SMILES string of the molecule is [B-][N+]12CCC(CC1)/C(=C(\C)CCl)C2. The van der Waals surface area contributed by atoms with Gasteiger partial charge in [0.15, 0.2) is 0 Å². The first-order chi connectivity index (χ1) is 6.14. The molecule has 0 saturated carbocycles. The minimum Gasteiger partial charge on any atom is -0.585 e. The van der Waals surface area contributed by atoms with Gasteiger partial charge in [-0.25, -0.2) is 7.98 Å². The van der Waals surface area contributed by atoms with Crippen molar-refractivity contribution in [2.75, 3.05) is 25.5 Å². The predicted molar refractivity (Wildman–Crippen MR) is 56.8 cm³/mol. The van der Waals surface area contributed by atoms with Gasteiger partial charge in [0, 0.05) is 19.0 Å². The lowest BCUT2D eigenvalue weighted by Gasteiger charge is -2.60. The molecule has 0 unspecified atom stereocenters. The molecule has 13 heavy (non-hydrogen) atoms. The first-order valence-electron chi connectivity index (χ1n) is 5.04. The number of halogens is 1. The van der Waals surface area contributed by atoms with Gasteiger partial charge in [0.05, 0.1) is 6.54 Å². The van der Waals surface area contributed by atoms with E-state index in [2.05, 4.69) is 6.92 Å². The minimum atomic E-state index is 0.672. The number of nitrogens with zero attached hydrogens (tertiary/aromatic N) is 1. The average molecular weight is 197 g/mol. The van der Waals surface area contributed by atoms with Gasteiger partial charge in [-0.15, -0.1) is 11.6 Å². The fraction of sp³-hybridized carbons (Fsp3) is 0.800. The summed E-state index contributed by atoms with van der Waals surface area (Å²) in [5, 5.41) is 0. The number of rotatable bonds is 1. The van der Waals surface area contributed by atoms with Crippen LogP contribution in [0.3, 0.4) is 0 Å². The van der Waals surface area contributed by atoms with Crippen molar-refractivity contribution >= 4 is 19.6 Å². The van der Waals surface area contributed by atoms with E-state index in [1.54, 1.807) is 5.57 Å². The summed E-state index contributed by atoms with van der Waals surface area (Å²) in [7, 11) is 6.24. The molecular weight excluding hydrogens is 180 g/mol. The van der Waals surface area contributed by atoms with E-state index in [0.29, 0.717) is 5.88 Å². The van der Waals surface area contributed by atoms with Crippen LogP contribution in [0.15, 0.2) is 11.1 Å². The zero-order chi connectivity index (χ0) is 9.47. The quantitative estimate of drug-likeness (QED) is 0.341. The fourth-order valence-corrected chi connectivity index (χ4v) is 2.80. The summed E-state index contributed by atoms with van der Waals surface area (Å²) in [5.41, 5.74) is 2.91. The third kappa shape index (κ3) is 1.67. The van der Waals surface area contributed by atoms with Crippen LogP contribution >= 0.6 is 11.6 Å². The first-order valence-corrected chi connectivity index (χ1v) is 5.57. The molecule has 0 aliphatic carbocycles. The van der Waals surface area contributed by atoms with E-state index in [9.17, 15) is 0 Å². The third-order valence-electron chi connectivity index (χ3n) is 3.57. The van der Waals surface area contributed by atoms with E-state index >= 15 is 0 Å². The van der Waals surface area contributed by atoms with E-state index in [0.717, 1.165) is 29.9 Å². The molecule has 3 radical (unpaired) electrons. The maximum Gasteiger partial charge on any atom is 0.0544 e. The fourth-order valence-electron chi connectivity index (χ4n) is 2.63. The van der Waals surface area contributed by atoms with E-state index in [1.807, 2.05) is 0 Å². The second kappa shape index (κ2) is 3.32. The number of allylic oxidation sites excluding steroid dienone is 1. The highest BCUT2D eigenvalue weighted by Crippen LogP contribution is 2.37. The summed E-state index contributed by atoms with van der Waals surface area (Å²) >= 11 is 5.86. The normalized spacial score (nSPS) is 42.2. The van der Waals surface area contributed by atoms with Gasteiger partial charge < -0.3 is 4.39 Å². The number of hydrogen-bond donors (Lipinski definition) is 0. The van der Waals surface area contributed by atoms with Gasteiger partial charge in [0.25, 0.3) is 0 Å². The Labute approximate surface area is 86.8 Å². The summed E-state index contributed by atoms with van der Waals surface area (Å²) in [5.74, 6) is 1.47. The molecule has 1 nitrogen and oxygen atoms in total. The van der Waals surface area contributed by atoms with Crippen LogP contribution in [-0.2, 0) is 0 Å². The molecule has 0 aromatic heterocycles. The van der Waals surface area contributed by atoms with Crippen LogP contribution in [-0.4, -0.2) is 37.9 Å². The highest BCUT2D eigenvalue weighted by molar-refractivity contribution is 6.19. The van der Waals surface area contributed by atoms with Crippen molar-refractivity contribution in [3.05, 3.63) is 11.1 Å². The molecular formula is C10H16BClN. The molecule has 0 N–H and O–H groups in total. The van der Waals surface area contributed by atoms with Gasteiger partial charge in [0.1, 0.15) is 0 Å². The zero-order valence-electron chi connectivity index (χ0n) is 8.22. The lowest BCUT2D eigenvalue weighted by Crippen LogP contribution is -2.57. The average Bonchev–Trinajstić information content (AvgIpc) is 2.16. The highest BCUT2D eigenvalue weighted by Gasteiger charge is 2.33. The smallest absolute Gasteiger partial charge is 0.0544 e. The Morgan fingerprint density at radius 3 is 2.62 bits per heavy atom. The lowest BCUT2D eigenvalue weighted by molar-refractivity contribution is -0.827. The Morgan fingerprint density at radius 2 is 2.15 bits per heavy atom. The first kappa shape index (κ1) is 9.60. The van der Waals surface area contributed by atoms with Gasteiger partial charge in [-0.3, -0.25) is 0 Å². The summed E-state index contributed by atoms with van der Waals surface area (Å²) in [4.78, 5) is 0. The van der Waals surface area contributed by atoms with Crippen LogP contribution in [0.4, 0.5) is 0 Å². The Kier molecular flexibility index (Phi) is 2.46. The Bertz CT molecular complexity index is 241. The molecule has 3 rings (SSSR count). The molecule has 0 aromatic rings. The van der Waals surface area contributed by atoms with Crippen molar-refractivity contribution in [2.24, 2.45) is 5.92 Å². The van der Waals surface area contributed by atoms with Gasteiger partial charge in [-0.2, -0.15) is 0 Å². The molecule has 3 heteroatoms. The molecule has 2 bridgehead atoms. The standard InChI is InChI=1S/C10H16BClN/c1-8(6-12)10-7-13(11)4-2-9(10)3-5-13/h9H,2-7H2,1H3/b10-8+. The van der Waals surface area contributed by atoms with E-state index in [-0.39, 0.29) is 0 Å². The van der Waals surface area contributed by atoms with Crippen LogP contribution in [0, 0.1) is 5.92 Å². The Balaban J connectivity index is 2.25. The van der Waals surface area contributed by atoms with Gasteiger partial charge >= 0.3 is 0 Å². The van der Waals surface area contributed by atoms with E-state index < -0.39 is 0 Å². The van der Waals surface area contributed by atoms with Crippen LogP contribution in [0.5, 0.6) is 0 Å². The third-order valence-corrected chi connectivity index (χ3v) is 3.97. The molecule has 0 spiro atoms. The maximum atomic E-state index is 6.24. The molecule has 3 aliphatic heterocycles. The number of fused-ring (bicyclic) bond motifs is 3. The molecule has 71 valence electrons. The molecule has 3 aliphatic rings. The second-order valence-electron chi connectivity index (χ2n) is 4.54. The molecule has 0 aromatic carbocycles. The summed E-state index contributed by atoms with van der Waals surface area (Å²) in [6, 6.07) is 0. The highest BCUT2D eigenvalue weighted by atomic mass is 35.5. The predicted octanol–water partition coefficient (Wildman–Crippen LogP) is 1.87. The number of alkyl halides is 1. The molecule has 0 amide bonds. The second-order valence-corrected chi connectivity index (χ2v) is 4.80. The molecule has 3 saturated heterocycles. The zero-order valence-corrected chi connectivity index (χ0v) is 8.98. The van der Waals surface area contributed by atoms with Crippen molar-refractivity contribution in [3.8, 4) is 0 Å². The minimum absolute atomic E-state index is 0.672. The lowest BCUT2D eigenvalue weighted by atomic mass is 9.77. The van der Waals surface area contributed by atoms with Gasteiger partial charge in [-0.05, 0) is 31.3 Å². The monoisotopic (exact) mass is 196 g/mol. The topological polar surface area (TPSA) is 0 Å². The van der Waals surface area contributed by atoms with Crippen molar-refractivity contribution in [2.45, 2.75) is 19.8 Å². The van der Waals surface area contributed by atoms with Gasteiger partial charge in [-0.1, -0.05) is 5.57 Å². The van der Waals surface area contributed by atoms with Gasteiger partial charge in [0.2, 0.25) is 0 Å². The van der Waals surface area contributed by atoms with E-state index in [1.165, 1.54) is 18.4 Å². The largest absolute Gasteiger partial charge is 0.585 e. The van der Waals surface area contributed by atoms with Crippen molar-refractivity contribution in [1.29, 1.82) is 0 Å².